The Bertz CT molecular complexity index is 776. The standard InChI is InChI=1S/C19H19NO3/c1-19-5-4-11-12-6-10(9-20)16(21)8-14(12)17(22)7-13(11)15(19)2-3-18(19)23/h6,8,11,13,15,21H,2-5,7H2,1H3/t11?,13?,15?,19-/m0/s1. The number of Topliss-reactive ketones (excluding diaryl/α,β-unsaturated/α-hetero) is 2. The number of phenols is 1. The number of rotatable bonds is 0. The summed E-state index contributed by atoms with van der Waals surface area (Å²) in [7, 11) is 0. The van der Waals surface area contributed by atoms with Crippen molar-refractivity contribution in [3.8, 4) is 11.8 Å². The maximum Gasteiger partial charge on any atom is 0.163 e. The molecular formula is C19H19NO3. The summed E-state index contributed by atoms with van der Waals surface area (Å²) in [6.45, 7) is 2.07. The Morgan fingerprint density at radius 1 is 1.30 bits per heavy atom. The Balaban J connectivity index is 1.82. The van der Waals surface area contributed by atoms with Gasteiger partial charge in [-0.1, -0.05) is 6.92 Å². The van der Waals surface area contributed by atoms with Gasteiger partial charge in [0.2, 0.25) is 0 Å². The number of hydrogen-bond donors (Lipinski definition) is 1. The molecule has 4 heteroatoms. The highest BCUT2D eigenvalue weighted by atomic mass is 16.3. The SMILES string of the molecule is C[C@]12CCC3c4cc(C#N)c(O)cc4C(=O)CC3C1CCC2=O. The molecule has 0 amide bonds. The second-order valence-electron chi connectivity index (χ2n) is 7.49. The highest BCUT2D eigenvalue weighted by Gasteiger charge is 2.55. The molecule has 3 aliphatic carbocycles. The minimum absolute atomic E-state index is 0.0321. The van der Waals surface area contributed by atoms with Gasteiger partial charge in [-0.2, -0.15) is 5.26 Å². The zero-order valence-corrected chi connectivity index (χ0v) is 13.1. The fourth-order valence-electron chi connectivity index (χ4n) is 5.30. The van der Waals surface area contributed by atoms with Crippen LogP contribution in [0.1, 0.15) is 66.4 Å². The summed E-state index contributed by atoms with van der Waals surface area (Å²) in [5.74, 6) is 0.947. The zero-order valence-electron chi connectivity index (χ0n) is 13.1. The van der Waals surface area contributed by atoms with Gasteiger partial charge in [-0.15, -0.1) is 0 Å². The van der Waals surface area contributed by atoms with E-state index in [0.717, 1.165) is 24.8 Å². The van der Waals surface area contributed by atoms with Crippen LogP contribution in [-0.4, -0.2) is 16.7 Å². The first-order valence-electron chi connectivity index (χ1n) is 8.29. The molecule has 3 aliphatic rings. The number of ketones is 2. The molecule has 118 valence electrons. The molecule has 4 nitrogen and oxygen atoms in total. The smallest absolute Gasteiger partial charge is 0.163 e. The van der Waals surface area contributed by atoms with Crippen LogP contribution in [0.4, 0.5) is 0 Å². The van der Waals surface area contributed by atoms with E-state index in [9.17, 15) is 14.7 Å². The Kier molecular flexibility index (Phi) is 2.93. The van der Waals surface area contributed by atoms with Crippen molar-refractivity contribution in [1.29, 1.82) is 5.26 Å². The predicted octanol–water partition coefficient (Wildman–Crippen LogP) is 3.33. The van der Waals surface area contributed by atoms with Gasteiger partial charge in [-0.3, -0.25) is 9.59 Å². The maximum absolute atomic E-state index is 12.6. The van der Waals surface area contributed by atoms with E-state index < -0.39 is 0 Å². The fraction of sp³-hybridized carbons (Fsp3) is 0.526. The number of hydrogen-bond acceptors (Lipinski definition) is 4. The molecular weight excluding hydrogens is 290 g/mol. The molecule has 1 aromatic rings. The van der Waals surface area contributed by atoms with Crippen LogP contribution >= 0.6 is 0 Å². The van der Waals surface area contributed by atoms with Crippen LogP contribution in [0.25, 0.3) is 0 Å². The molecule has 4 atom stereocenters. The van der Waals surface area contributed by atoms with E-state index in [1.165, 1.54) is 6.07 Å². The molecule has 0 saturated heterocycles. The average Bonchev–Trinajstić information content (AvgIpc) is 2.83. The van der Waals surface area contributed by atoms with Gasteiger partial charge < -0.3 is 5.11 Å². The van der Waals surface area contributed by atoms with Gasteiger partial charge in [-0.25, -0.2) is 0 Å². The topological polar surface area (TPSA) is 78.2 Å². The molecule has 1 N–H and O–H groups in total. The highest BCUT2D eigenvalue weighted by Crippen LogP contribution is 2.59. The third-order valence-corrected chi connectivity index (χ3v) is 6.56. The van der Waals surface area contributed by atoms with E-state index in [1.807, 2.05) is 6.07 Å². The summed E-state index contributed by atoms with van der Waals surface area (Å²) < 4.78 is 0. The van der Waals surface area contributed by atoms with E-state index in [-0.39, 0.29) is 40.3 Å². The number of aromatic hydroxyl groups is 1. The van der Waals surface area contributed by atoms with Crippen LogP contribution < -0.4 is 0 Å². The lowest BCUT2D eigenvalue weighted by Gasteiger charge is -2.47. The molecule has 0 bridgehead atoms. The number of carbonyl (C=O) groups is 2. The van der Waals surface area contributed by atoms with Crippen molar-refractivity contribution in [3.63, 3.8) is 0 Å². The van der Waals surface area contributed by atoms with Gasteiger partial charge in [0.15, 0.2) is 5.78 Å². The first kappa shape index (κ1) is 14.4. The number of benzene rings is 1. The number of carbonyl (C=O) groups excluding carboxylic acids is 2. The van der Waals surface area contributed by atoms with Crippen molar-refractivity contribution in [2.45, 2.75) is 44.9 Å². The van der Waals surface area contributed by atoms with Gasteiger partial charge in [-0.05, 0) is 54.7 Å². The number of nitrogens with zero attached hydrogens (tertiary/aromatic N) is 1. The third-order valence-electron chi connectivity index (χ3n) is 6.56. The molecule has 2 fully saturated rings. The average molecular weight is 309 g/mol. The Labute approximate surface area is 135 Å². The van der Waals surface area contributed by atoms with Gasteiger partial charge in [0.25, 0.3) is 0 Å². The molecule has 23 heavy (non-hydrogen) atoms. The van der Waals surface area contributed by atoms with E-state index in [2.05, 4.69) is 6.92 Å². The summed E-state index contributed by atoms with van der Waals surface area (Å²) in [5.41, 5.74) is 1.43. The second-order valence-corrected chi connectivity index (χ2v) is 7.49. The molecule has 0 aromatic heterocycles. The lowest BCUT2D eigenvalue weighted by molar-refractivity contribution is -0.129. The van der Waals surface area contributed by atoms with Crippen LogP contribution in [0, 0.1) is 28.6 Å². The van der Waals surface area contributed by atoms with Crippen LogP contribution in [0.5, 0.6) is 5.75 Å². The van der Waals surface area contributed by atoms with Crippen LogP contribution in [0.3, 0.4) is 0 Å². The molecule has 0 heterocycles. The monoisotopic (exact) mass is 309 g/mol. The molecule has 2 saturated carbocycles. The molecule has 3 unspecified atom stereocenters. The summed E-state index contributed by atoms with van der Waals surface area (Å²) >= 11 is 0. The van der Waals surface area contributed by atoms with Crippen LogP contribution in [0.15, 0.2) is 12.1 Å². The van der Waals surface area contributed by atoms with Crippen molar-refractivity contribution in [2.24, 2.45) is 17.3 Å². The van der Waals surface area contributed by atoms with Crippen molar-refractivity contribution in [2.75, 3.05) is 0 Å². The van der Waals surface area contributed by atoms with Gasteiger partial charge >= 0.3 is 0 Å². The normalized spacial score (nSPS) is 35.2. The summed E-state index contributed by atoms with van der Waals surface area (Å²) in [6.07, 6.45) is 3.69. The largest absolute Gasteiger partial charge is 0.507 e. The van der Waals surface area contributed by atoms with Crippen LogP contribution in [0.2, 0.25) is 0 Å². The molecule has 0 spiro atoms. The fourth-order valence-corrected chi connectivity index (χ4v) is 5.30. The second kappa shape index (κ2) is 4.67. The Morgan fingerprint density at radius 2 is 2.09 bits per heavy atom. The molecule has 1 aromatic carbocycles. The highest BCUT2D eigenvalue weighted by molar-refractivity contribution is 6.00. The van der Waals surface area contributed by atoms with Crippen molar-refractivity contribution in [1.82, 2.24) is 0 Å². The van der Waals surface area contributed by atoms with Crippen molar-refractivity contribution >= 4 is 11.6 Å². The predicted molar refractivity (Wildman–Crippen MR) is 83.1 cm³/mol. The van der Waals surface area contributed by atoms with Crippen molar-refractivity contribution < 1.29 is 14.7 Å². The summed E-state index contributed by atoms with van der Waals surface area (Å²) in [5, 5.41) is 19.1. The van der Waals surface area contributed by atoms with Gasteiger partial charge in [0, 0.05) is 23.8 Å². The van der Waals surface area contributed by atoms with E-state index in [0.29, 0.717) is 24.2 Å². The van der Waals surface area contributed by atoms with E-state index >= 15 is 0 Å². The quantitative estimate of drug-likeness (QED) is 0.797. The minimum Gasteiger partial charge on any atom is -0.507 e. The zero-order chi connectivity index (χ0) is 16.4. The van der Waals surface area contributed by atoms with Crippen molar-refractivity contribution in [3.05, 3.63) is 28.8 Å². The molecule has 4 rings (SSSR count). The molecule has 0 aliphatic heterocycles. The lowest BCUT2D eigenvalue weighted by Crippen LogP contribution is -2.43. The summed E-state index contributed by atoms with van der Waals surface area (Å²) in [4.78, 5) is 24.9. The lowest BCUT2D eigenvalue weighted by atomic mass is 9.55. The number of nitriles is 1. The Hall–Kier alpha value is -2.15. The minimum atomic E-state index is -0.270. The van der Waals surface area contributed by atoms with E-state index in [4.69, 9.17) is 5.26 Å². The van der Waals surface area contributed by atoms with E-state index in [1.54, 1.807) is 6.07 Å². The third kappa shape index (κ3) is 1.83. The first-order chi connectivity index (χ1) is 11.0. The van der Waals surface area contributed by atoms with Gasteiger partial charge in [0.1, 0.15) is 17.6 Å². The summed E-state index contributed by atoms with van der Waals surface area (Å²) in [6, 6.07) is 5.15. The first-order valence-corrected chi connectivity index (χ1v) is 8.29. The number of fused-ring (bicyclic) bond motifs is 5. The number of phenolic OH excluding ortho intramolecular Hbond substituents is 1. The Morgan fingerprint density at radius 3 is 2.83 bits per heavy atom. The maximum atomic E-state index is 12.6. The molecule has 0 radical (unpaired) electrons. The van der Waals surface area contributed by atoms with Crippen LogP contribution in [-0.2, 0) is 4.79 Å². The van der Waals surface area contributed by atoms with Gasteiger partial charge in [0.05, 0.1) is 5.56 Å².